The van der Waals surface area contributed by atoms with Gasteiger partial charge < -0.3 is 9.47 Å². The molecule has 0 spiro atoms. The molecule has 1 unspecified atom stereocenters. The zero-order valence-corrected chi connectivity index (χ0v) is 20.5. The number of rotatable bonds is 13. The molecule has 1 aliphatic rings. The number of nitrogens with zero attached hydrogens (tertiary/aromatic N) is 2. The number of aromatic nitrogens is 2. The lowest BCUT2D eigenvalue weighted by molar-refractivity contribution is 0.0978. The highest BCUT2D eigenvalue weighted by Crippen LogP contribution is 2.29. The van der Waals surface area contributed by atoms with Gasteiger partial charge >= 0.3 is 6.16 Å². The van der Waals surface area contributed by atoms with Crippen molar-refractivity contribution in [3.8, 4) is 17.1 Å². The highest BCUT2D eigenvalue weighted by Gasteiger charge is 2.20. The Morgan fingerprint density at radius 3 is 2.45 bits per heavy atom. The van der Waals surface area contributed by atoms with E-state index < -0.39 is 6.16 Å². The van der Waals surface area contributed by atoms with Crippen molar-refractivity contribution >= 4 is 6.16 Å². The van der Waals surface area contributed by atoms with Crippen LogP contribution >= 0.6 is 0 Å². The van der Waals surface area contributed by atoms with E-state index in [-0.39, 0.29) is 0 Å². The Bertz CT molecular complexity index is 851. The molecule has 0 fully saturated rings. The van der Waals surface area contributed by atoms with Gasteiger partial charge in [0, 0.05) is 17.5 Å². The molecule has 1 atom stereocenters. The number of carbonyl (C=O) groups excluding carboxylic acids is 1. The van der Waals surface area contributed by atoms with Crippen LogP contribution in [0.5, 0.6) is 5.75 Å². The molecule has 0 saturated carbocycles. The SMILES string of the molecule is CCCCCCCCCC1CCc2nc(-c3ccc(OC(=O)OCCCC)cc3)ncc2C1. The molecule has 0 N–H and O–H groups in total. The third kappa shape index (κ3) is 8.45. The summed E-state index contributed by atoms with van der Waals surface area (Å²) in [5.74, 6) is 1.97. The largest absolute Gasteiger partial charge is 0.513 e. The lowest BCUT2D eigenvalue weighted by atomic mass is 9.84. The average molecular weight is 453 g/mol. The molecule has 5 nitrogen and oxygen atoms in total. The van der Waals surface area contributed by atoms with E-state index in [1.54, 1.807) is 12.1 Å². The summed E-state index contributed by atoms with van der Waals surface area (Å²) < 4.78 is 10.3. The molecule has 1 aliphatic carbocycles. The number of hydrogen-bond acceptors (Lipinski definition) is 5. The summed E-state index contributed by atoms with van der Waals surface area (Å²) in [7, 11) is 0. The standard InChI is InChI=1S/C28H40N2O3/c1-3-5-7-8-9-10-11-12-22-13-18-26-24(20-22)21-29-27(30-26)23-14-16-25(17-15-23)33-28(31)32-19-6-4-2/h14-17,21-22H,3-13,18-20H2,1-2H3. The van der Waals surface area contributed by atoms with E-state index in [1.165, 1.54) is 69.0 Å². The minimum absolute atomic E-state index is 0.385. The van der Waals surface area contributed by atoms with E-state index in [2.05, 4.69) is 11.9 Å². The van der Waals surface area contributed by atoms with Gasteiger partial charge in [0.1, 0.15) is 5.75 Å². The zero-order valence-electron chi connectivity index (χ0n) is 20.5. The molecular weight excluding hydrogens is 412 g/mol. The Hall–Kier alpha value is -2.43. The van der Waals surface area contributed by atoms with Crippen LogP contribution in [0, 0.1) is 5.92 Å². The lowest BCUT2D eigenvalue weighted by Crippen LogP contribution is -2.16. The Kier molecular flexibility index (Phi) is 10.7. The smallest absolute Gasteiger partial charge is 0.434 e. The summed E-state index contributed by atoms with van der Waals surface area (Å²) in [4.78, 5) is 21.2. The molecule has 1 aromatic heterocycles. The molecule has 0 radical (unpaired) electrons. The van der Waals surface area contributed by atoms with Gasteiger partial charge in [0.05, 0.1) is 6.61 Å². The second-order valence-corrected chi connectivity index (χ2v) is 9.26. The number of fused-ring (bicyclic) bond motifs is 1. The summed E-state index contributed by atoms with van der Waals surface area (Å²) in [6, 6.07) is 7.31. The maximum absolute atomic E-state index is 11.7. The maximum Gasteiger partial charge on any atom is 0.513 e. The van der Waals surface area contributed by atoms with Crippen LogP contribution in [0.1, 0.15) is 95.7 Å². The molecule has 0 saturated heterocycles. The fraction of sp³-hybridized carbons (Fsp3) is 0.607. The molecule has 1 aromatic carbocycles. The van der Waals surface area contributed by atoms with E-state index >= 15 is 0 Å². The Morgan fingerprint density at radius 2 is 1.70 bits per heavy atom. The van der Waals surface area contributed by atoms with Crippen LogP contribution in [0.4, 0.5) is 4.79 Å². The molecule has 1 heterocycles. The zero-order chi connectivity index (χ0) is 23.3. The van der Waals surface area contributed by atoms with Crippen molar-refractivity contribution in [2.45, 2.75) is 97.3 Å². The van der Waals surface area contributed by atoms with Gasteiger partial charge in [0.2, 0.25) is 0 Å². The first-order valence-electron chi connectivity index (χ1n) is 13.0. The van der Waals surface area contributed by atoms with Crippen molar-refractivity contribution in [3.05, 3.63) is 41.7 Å². The Balaban J connectivity index is 1.46. The number of hydrogen-bond donors (Lipinski definition) is 0. The Morgan fingerprint density at radius 1 is 0.970 bits per heavy atom. The van der Waals surface area contributed by atoms with E-state index in [1.807, 2.05) is 25.3 Å². The topological polar surface area (TPSA) is 61.3 Å². The lowest BCUT2D eigenvalue weighted by Gasteiger charge is -2.24. The van der Waals surface area contributed by atoms with E-state index in [9.17, 15) is 4.79 Å². The van der Waals surface area contributed by atoms with Crippen molar-refractivity contribution in [1.29, 1.82) is 0 Å². The van der Waals surface area contributed by atoms with Gasteiger partial charge in [-0.25, -0.2) is 14.8 Å². The highest BCUT2D eigenvalue weighted by molar-refractivity contribution is 5.65. The highest BCUT2D eigenvalue weighted by atomic mass is 16.7. The molecule has 3 rings (SSSR count). The molecule has 0 bridgehead atoms. The summed E-state index contributed by atoms with van der Waals surface area (Å²) in [6.07, 6.45) is 17.5. The maximum atomic E-state index is 11.7. The molecule has 0 amide bonds. The number of carbonyl (C=O) groups is 1. The van der Waals surface area contributed by atoms with Crippen molar-refractivity contribution < 1.29 is 14.3 Å². The van der Waals surface area contributed by atoms with Crippen molar-refractivity contribution in [2.75, 3.05) is 6.61 Å². The fourth-order valence-electron chi connectivity index (χ4n) is 4.46. The van der Waals surface area contributed by atoms with E-state index in [0.29, 0.717) is 12.4 Å². The number of unbranched alkanes of at least 4 members (excludes halogenated alkanes) is 7. The molecular formula is C28H40N2O3. The second kappa shape index (κ2) is 14.0. The first kappa shape index (κ1) is 25.2. The minimum atomic E-state index is -0.660. The van der Waals surface area contributed by atoms with Gasteiger partial charge in [-0.15, -0.1) is 0 Å². The van der Waals surface area contributed by atoms with Crippen molar-refractivity contribution in [2.24, 2.45) is 5.92 Å². The van der Waals surface area contributed by atoms with Crippen LogP contribution in [0.3, 0.4) is 0 Å². The van der Waals surface area contributed by atoms with E-state index in [4.69, 9.17) is 14.5 Å². The molecule has 5 heteroatoms. The fourth-order valence-corrected chi connectivity index (χ4v) is 4.46. The second-order valence-electron chi connectivity index (χ2n) is 9.26. The minimum Gasteiger partial charge on any atom is -0.434 e. The quantitative estimate of drug-likeness (QED) is 0.177. The Labute approximate surface area is 199 Å². The third-order valence-electron chi connectivity index (χ3n) is 6.50. The first-order chi connectivity index (χ1) is 16.2. The molecule has 2 aromatic rings. The first-order valence-corrected chi connectivity index (χ1v) is 13.0. The molecule has 33 heavy (non-hydrogen) atoms. The van der Waals surface area contributed by atoms with Gasteiger partial charge in [-0.1, -0.05) is 71.6 Å². The number of ether oxygens (including phenoxy) is 2. The monoisotopic (exact) mass is 452 g/mol. The van der Waals surface area contributed by atoms with Crippen LogP contribution < -0.4 is 4.74 Å². The summed E-state index contributed by atoms with van der Waals surface area (Å²) in [5, 5.41) is 0. The number of aryl methyl sites for hydroxylation is 1. The van der Waals surface area contributed by atoms with Gasteiger partial charge in [-0.2, -0.15) is 0 Å². The summed E-state index contributed by atoms with van der Waals surface area (Å²) >= 11 is 0. The molecule has 180 valence electrons. The predicted molar refractivity (Wildman–Crippen MR) is 132 cm³/mol. The predicted octanol–water partition coefficient (Wildman–Crippen LogP) is 7.70. The van der Waals surface area contributed by atoms with Gasteiger partial charge in [0.25, 0.3) is 0 Å². The van der Waals surface area contributed by atoms with Gasteiger partial charge in [-0.3, -0.25) is 0 Å². The third-order valence-corrected chi connectivity index (χ3v) is 6.50. The van der Waals surface area contributed by atoms with Crippen LogP contribution in [-0.2, 0) is 17.6 Å². The van der Waals surface area contributed by atoms with Crippen LogP contribution in [0.25, 0.3) is 11.4 Å². The summed E-state index contributed by atoms with van der Waals surface area (Å²) in [5.41, 5.74) is 3.43. The van der Waals surface area contributed by atoms with Crippen molar-refractivity contribution in [1.82, 2.24) is 9.97 Å². The normalized spacial score (nSPS) is 15.2. The van der Waals surface area contributed by atoms with E-state index in [0.717, 1.165) is 43.0 Å². The van der Waals surface area contributed by atoms with Crippen molar-refractivity contribution in [3.63, 3.8) is 0 Å². The number of benzene rings is 1. The average Bonchev–Trinajstić information content (AvgIpc) is 2.84. The summed E-state index contributed by atoms with van der Waals surface area (Å²) in [6.45, 7) is 4.70. The molecule has 0 aliphatic heterocycles. The van der Waals surface area contributed by atoms with Crippen LogP contribution in [0.15, 0.2) is 30.5 Å². The van der Waals surface area contributed by atoms with Crippen LogP contribution in [-0.4, -0.2) is 22.7 Å². The van der Waals surface area contributed by atoms with Gasteiger partial charge in [0.15, 0.2) is 5.82 Å². The van der Waals surface area contributed by atoms with Gasteiger partial charge in [-0.05, 0) is 61.4 Å². The van der Waals surface area contributed by atoms with Crippen LogP contribution in [0.2, 0.25) is 0 Å².